The van der Waals surface area contributed by atoms with Gasteiger partial charge < -0.3 is 11.0 Å². The molecule has 0 bridgehead atoms. The monoisotopic (exact) mass is 1410 g/mol. The molecule has 0 atom stereocenters. The van der Waals surface area contributed by atoms with E-state index in [4.69, 9.17) is 4.89 Å². The maximum Gasteiger partial charge on any atom is 0.472 e. The molecule has 0 aliphatic heterocycles. The summed E-state index contributed by atoms with van der Waals surface area (Å²) in [4.78, 5) is 9.04. The van der Waals surface area contributed by atoms with E-state index in [1.54, 1.807) is 0 Å². The summed E-state index contributed by atoms with van der Waals surface area (Å²) in [5.41, 5.74) is 0. The van der Waals surface area contributed by atoms with Crippen molar-refractivity contribution in [2.45, 2.75) is 155 Å². The molecule has 4 N–H and O–H groups in total. The van der Waals surface area contributed by atoms with Gasteiger partial charge in [0.05, 0.1) is 13.2 Å². The zero-order valence-corrected chi connectivity index (χ0v) is 37.4. The first kappa shape index (κ1) is 82.6. The third kappa shape index (κ3) is 10.7. The molecule has 0 saturated carbocycles. The second-order valence-electron chi connectivity index (χ2n) is 15.5. The van der Waals surface area contributed by atoms with Crippen molar-refractivity contribution in [3.8, 4) is 0 Å². The van der Waals surface area contributed by atoms with Gasteiger partial charge in [0, 0.05) is 12.8 Å². The normalized spacial score (nSPS) is 17.0. The molecule has 56 heteroatoms. The number of hydrogen-bond donors (Lipinski definition) is 2. The molecular weight excluding hydrogens is 1400 g/mol. The summed E-state index contributed by atoms with van der Waals surface area (Å²) in [5.74, 6) is -209. The predicted molar refractivity (Wildman–Crippen MR) is 157 cm³/mol. The number of rotatable bonds is 28. The Balaban J connectivity index is 0. The van der Waals surface area contributed by atoms with Crippen LogP contribution in [-0.2, 0) is 13.6 Å². The van der Waals surface area contributed by atoms with Crippen LogP contribution in [-0.4, -0.2) is 161 Å². The maximum absolute atomic E-state index is 14.1. The molecule has 0 fully saturated rings. The van der Waals surface area contributed by atoms with Gasteiger partial charge in [0.25, 0.3) is 0 Å². The minimum atomic E-state index is -10.1. The quantitative estimate of drug-likeness (QED) is 0.0602. The number of phosphoric ester groups is 1. The standard InChI is InChI=1S/C28H9F50O4P.H3N/c29-5(30,7(33,34)9(37,38)11(41,42)13(45,46)15(49,50)17(53,54)19(57,58)21(61,62)23(65,66)25(69,70)27(73,74)75)1-3-81-83(79,80)82-4-2-6(31,32)8(35,36)10(39,40)12(43,44)14(47,48)16(51,52)18(55,56)20(59,60)22(63,64)24(67,68)26(71,72)28(76,77)78;/h1-4H2,(H,79,80);1H3. The molecule has 0 heterocycles. The summed E-state index contributed by atoms with van der Waals surface area (Å²) >= 11 is 0. The lowest BCUT2D eigenvalue weighted by Crippen LogP contribution is -2.78. The Bertz CT molecular complexity index is 2190. The number of hydrogen-bond acceptors (Lipinski definition) is 4. The van der Waals surface area contributed by atoms with Gasteiger partial charge in [-0.25, -0.2) is 4.57 Å². The summed E-state index contributed by atoms with van der Waals surface area (Å²) in [7, 11) is -7.40. The summed E-state index contributed by atoms with van der Waals surface area (Å²) < 4.78 is 697. The van der Waals surface area contributed by atoms with Crippen LogP contribution in [0, 0.1) is 0 Å². The fourth-order valence-electron chi connectivity index (χ4n) is 4.90. The molecular formula is C28H12F50NO4P. The van der Waals surface area contributed by atoms with Crippen LogP contribution in [0.3, 0.4) is 0 Å². The average molecular weight is 1410 g/mol. The highest BCUT2D eigenvalue weighted by Crippen LogP contribution is 2.71. The Labute approximate surface area is 422 Å². The largest absolute Gasteiger partial charge is 0.472 e. The van der Waals surface area contributed by atoms with Gasteiger partial charge in [-0.1, -0.05) is 0 Å². The first-order chi connectivity index (χ1) is 34.9. The molecule has 0 aliphatic rings. The van der Waals surface area contributed by atoms with Gasteiger partial charge in [-0.2, -0.15) is 220 Å². The Hall–Kier alpha value is -3.43. The molecule has 0 spiro atoms. The Morgan fingerprint density at radius 3 is 0.440 bits per heavy atom. The van der Waals surface area contributed by atoms with Crippen LogP contribution in [0.1, 0.15) is 12.8 Å². The molecule has 84 heavy (non-hydrogen) atoms. The van der Waals surface area contributed by atoms with Crippen LogP contribution in [0.2, 0.25) is 0 Å². The van der Waals surface area contributed by atoms with Gasteiger partial charge >= 0.3 is 150 Å². The molecule has 0 rings (SSSR count). The van der Waals surface area contributed by atoms with Crippen LogP contribution in [0.5, 0.6) is 0 Å². The van der Waals surface area contributed by atoms with E-state index in [-0.39, 0.29) is 6.15 Å². The SMILES string of the molecule is N.O=P(O)(OCCC(F)(F)C(F)(F)C(F)(F)C(F)(F)C(F)(F)C(F)(F)C(F)(F)C(F)(F)C(F)(F)C(F)(F)C(F)(F)C(F)(F)F)OCCC(F)(F)C(F)(F)C(F)(F)C(F)(F)C(F)(F)C(F)(F)C(F)(F)C(F)(F)C(F)(F)C(F)(F)C(F)(F)C(F)(F)F. The van der Waals surface area contributed by atoms with E-state index < -0.39 is 177 Å². The lowest BCUT2D eigenvalue weighted by Gasteiger charge is -2.45. The van der Waals surface area contributed by atoms with Crippen molar-refractivity contribution in [3.05, 3.63) is 0 Å². The molecule has 5 nitrogen and oxygen atoms in total. The maximum atomic E-state index is 14.1. The van der Waals surface area contributed by atoms with Crippen molar-refractivity contribution >= 4 is 7.82 Å². The first-order valence-electron chi connectivity index (χ1n) is 18.0. The van der Waals surface area contributed by atoms with Gasteiger partial charge in [0.15, 0.2) is 0 Å². The molecule has 0 aromatic heterocycles. The summed E-state index contributed by atoms with van der Waals surface area (Å²) in [6.07, 6.45) is -25.3. The van der Waals surface area contributed by atoms with Crippen molar-refractivity contribution < 1.29 is 238 Å². The van der Waals surface area contributed by atoms with E-state index in [0.29, 0.717) is 0 Å². The number of phosphoric acid groups is 1. The van der Waals surface area contributed by atoms with E-state index in [0.717, 1.165) is 0 Å². The van der Waals surface area contributed by atoms with Crippen LogP contribution in [0.15, 0.2) is 0 Å². The number of alkyl halides is 50. The summed E-state index contributed by atoms with van der Waals surface area (Å²) in [6.45, 7) is -7.06. The van der Waals surface area contributed by atoms with Gasteiger partial charge in [0.2, 0.25) is 0 Å². The zero-order chi connectivity index (χ0) is 68.7. The second-order valence-corrected chi connectivity index (χ2v) is 17.0. The van der Waals surface area contributed by atoms with Gasteiger partial charge in [-0.05, 0) is 0 Å². The van der Waals surface area contributed by atoms with Gasteiger partial charge in [-0.15, -0.1) is 0 Å². The highest BCUT2D eigenvalue weighted by Gasteiger charge is 3.02. The lowest BCUT2D eigenvalue weighted by molar-refractivity contribution is -0.482. The van der Waals surface area contributed by atoms with Crippen LogP contribution < -0.4 is 6.15 Å². The van der Waals surface area contributed by atoms with Crippen LogP contribution >= 0.6 is 7.82 Å². The zero-order valence-electron chi connectivity index (χ0n) is 36.6. The third-order valence-electron chi connectivity index (χ3n) is 10.1. The van der Waals surface area contributed by atoms with E-state index in [9.17, 15) is 224 Å². The number of halogens is 50. The Morgan fingerprint density at radius 2 is 0.321 bits per heavy atom. The predicted octanol–water partition coefficient (Wildman–Crippen LogP) is 17.2. The molecule has 0 saturated heterocycles. The molecule has 0 aromatic rings. The molecule has 0 aromatic carbocycles. The molecule has 0 radical (unpaired) electrons. The molecule has 0 aliphatic carbocycles. The van der Waals surface area contributed by atoms with Crippen molar-refractivity contribution in [2.75, 3.05) is 13.2 Å². The average Bonchev–Trinajstić information content (AvgIpc) is 3.23. The van der Waals surface area contributed by atoms with Crippen LogP contribution in [0.25, 0.3) is 0 Å². The second kappa shape index (κ2) is 21.1. The van der Waals surface area contributed by atoms with Crippen molar-refractivity contribution in [3.63, 3.8) is 0 Å². The van der Waals surface area contributed by atoms with Crippen molar-refractivity contribution in [1.82, 2.24) is 6.15 Å². The fourth-order valence-corrected chi connectivity index (χ4v) is 5.62. The Kier molecular flexibility index (Phi) is 20.8. The molecule has 508 valence electrons. The Morgan fingerprint density at radius 1 is 0.214 bits per heavy atom. The highest BCUT2D eigenvalue weighted by molar-refractivity contribution is 7.47. The lowest BCUT2D eigenvalue weighted by atomic mass is 9.84. The first-order valence-corrected chi connectivity index (χ1v) is 19.5. The van der Waals surface area contributed by atoms with Crippen molar-refractivity contribution in [2.24, 2.45) is 0 Å². The molecule has 0 amide bonds. The summed E-state index contributed by atoms with van der Waals surface area (Å²) in [5, 5.41) is 0. The smallest absolute Gasteiger partial charge is 0.344 e. The minimum absolute atomic E-state index is 0. The van der Waals surface area contributed by atoms with Gasteiger partial charge in [0.1, 0.15) is 0 Å². The minimum Gasteiger partial charge on any atom is -0.344 e. The van der Waals surface area contributed by atoms with E-state index in [2.05, 4.69) is 9.05 Å². The van der Waals surface area contributed by atoms with Crippen LogP contribution in [0.4, 0.5) is 220 Å². The van der Waals surface area contributed by atoms with E-state index in [1.807, 2.05) is 0 Å². The fraction of sp³-hybridized carbons (Fsp3) is 1.00. The topological polar surface area (TPSA) is 90.8 Å². The third-order valence-corrected chi connectivity index (χ3v) is 11.1. The highest BCUT2D eigenvalue weighted by atomic mass is 31.2. The van der Waals surface area contributed by atoms with E-state index in [1.165, 1.54) is 0 Å². The van der Waals surface area contributed by atoms with Gasteiger partial charge in [-0.3, -0.25) is 9.05 Å². The molecule has 0 unspecified atom stereocenters. The van der Waals surface area contributed by atoms with Crippen molar-refractivity contribution in [1.29, 1.82) is 0 Å². The summed E-state index contributed by atoms with van der Waals surface area (Å²) in [6, 6.07) is 0. The van der Waals surface area contributed by atoms with E-state index >= 15 is 0 Å².